The summed E-state index contributed by atoms with van der Waals surface area (Å²) < 4.78 is 1.44. The molecule has 0 amide bonds. The Labute approximate surface area is 128 Å². The monoisotopic (exact) mass is 300 g/mol. The summed E-state index contributed by atoms with van der Waals surface area (Å²) in [4.78, 5) is 24.6. The van der Waals surface area contributed by atoms with Crippen LogP contribution in [0, 0.1) is 0 Å². The molecule has 2 N–H and O–H groups in total. The van der Waals surface area contributed by atoms with Crippen molar-refractivity contribution in [3.63, 3.8) is 0 Å². The first-order chi connectivity index (χ1) is 10.6. The third kappa shape index (κ3) is 3.10. The van der Waals surface area contributed by atoms with Gasteiger partial charge in [0.15, 0.2) is 5.78 Å². The van der Waals surface area contributed by atoms with E-state index in [2.05, 4.69) is 5.32 Å². The lowest BCUT2D eigenvalue weighted by atomic mass is 9.97. The van der Waals surface area contributed by atoms with Crippen LogP contribution in [0.3, 0.4) is 0 Å². The Balaban J connectivity index is 1.74. The molecule has 1 fully saturated rings. The Morgan fingerprint density at radius 2 is 2.14 bits per heavy atom. The van der Waals surface area contributed by atoms with Crippen LogP contribution in [0.25, 0.3) is 10.8 Å². The number of fused-ring (bicyclic) bond motifs is 1. The molecule has 5 nitrogen and oxygen atoms in total. The molecule has 1 saturated heterocycles. The fourth-order valence-corrected chi connectivity index (χ4v) is 3.00. The second-order valence-corrected chi connectivity index (χ2v) is 5.85. The molecule has 0 aliphatic carbocycles. The highest BCUT2D eigenvalue weighted by Gasteiger charge is 2.24. The first-order valence-electron chi connectivity index (χ1n) is 7.66. The summed E-state index contributed by atoms with van der Waals surface area (Å²) >= 11 is 0. The van der Waals surface area contributed by atoms with Crippen LogP contribution in [0.1, 0.15) is 19.3 Å². The van der Waals surface area contributed by atoms with E-state index in [0.717, 1.165) is 24.8 Å². The van der Waals surface area contributed by atoms with Crippen molar-refractivity contribution in [1.82, 2.24) is 9.88 Å². The fraction of sp³-hybridized carbons (Fsp3) is 0.412. The summed E-state index contributed by atoms with van der Waals surface area (Å²) in [5, 5.41) is 14.6. The topological polar surface area (TPSA) is 71.3 Å². The van der Waals surface area contributed by atoms with Crippen molar-refractivity contribution in [2.24, 2.45) is 0 Å². The largest absolute Gasteiger partial charge is 0.391 e. The van der Waals surface area contributed by atoms with Gasteiger partial charge in [-0.1, -0.05) is 18.2 Å². The molecular weight excluding hydrogens is 280 g/mol. The SMILES string of the molecule is O=C(CC1NCCC[C@@H]1O)Cn1ccc2ccccc2c1=O. The van der Waals surface area contributed by atoms with E-state index < -0.39 is 6.10 Å². The van der Waals surface area contributed by atoms with Crippen molar-refractivity contribution in [3.8, 4) is 0 Å². The number of nitrogens with zero attached hydrogens (tertiary/aromatic N) is 1. The minimum atomic E-state index is -0.481. The molecule has 2 atom stereocenters. The molecule has 0 radical (unpaired) electrons. The fourth-order valence-electron chi connectivity index (χ4n) is 3.00. The van der Waals surface area contributed by atoms with Gasteiger partial charge >= 0.3 is 0 Å². The maximum Gasteiger partial charge on any atom is 0.258 e. The highest BCUT2D eigenvalue weighted by molar-refractivity contribution is 5.82. The van der Waals surface area contributed by atoms with Crippen LogP contribution < -0.4 is 10.9 Å². The number of pyridine rings is 1. The van der Waals surface area contributed by atoms with E-state index in [-0.39, 0.29) is 30.3 Å². The van der Waals surface area contributed by atoms with Gasteiger partial charge in [-0.15, -0.1) is 0 Å². The average molecular weight is 300 g/mol. The van der Waals surface area contributed by atoms with E-state index in [0.29, 0.717) is 5.39 Å². The second kappa shape index (κ2) is 6.42. The van der Waals surface area contributed by atoms with E-state index in [4.69, 9.17) is 0 Å². The van der Waals surface area contributed by atoms with Crippen LogP contribution in [0.2, 0.25) is 0 Å². The number of aliphatic hydroxyl groups excluding tert-OH is 1. The van der Waals surface area contributed by atoms with Gasteiger partial charge in [-0.05, 0) is 36.9 Å². The number of aliphatic hydroxyl groups is 1. The molecule has 2 heterocycles. The molecule has 3 rings (SSSR count). The van der Waals surface area contributed by atoms with E-state index in [9.17, 15) is 14.7 Å². The van der Waals surface area contributed by atoms with Gasteiger partial charge in [-0.25, -0.2) is 0 Å². The van der Waals surface area contributed by atoms with Crippen molar-refractivity contribution >= 4 is 16.6 Å². The van der Waals surface area contributed by atoms with Crippen molar-refractivity contribution in [1.29, 1.82) is 0 Å². The number of Topliss-reactive ketones (excluding diaryl/α,β-unsaturated/α-hetero) is 1. The lowest BCUT2D eigenvalue weighted by molar-refractivity contribution is -0.121. The van der Waals surface area contributed by atoms with E-state index in [1.807, 2.05) is 24.3 Å². The molecule has 2 aromatic rings. The molecule has 1 aliphatic rings. The lowest BCUT2D eigenvalue weighted by Crippen LogP contribution is -2.46. The molecular formula is C17H20N2O3. The van der Waals surface area contributed by atoms with Crippen molar-refractivity contribution < 1.29 is 9.90 Å². The van der Waals surface area contributed by atoms with Gasteiger partial charge in [0.05, 0.1) is 12.6 Å². The van der Waals surface area contributed by atoms with Gasteiger partial charge in [0, 0.05) is 24.0 Å². The summed E-state index contributed by atoms with van der Waals surface area (Å²) in [5.74, 6) is -0.0455. The minimum Gasteiger partial charge on any atom is -0.391 e. The summed E-state index contributed by atoms with van der Waals surface area (Å²) in [6.07, 6.45) is 3.08. The van der Waals surface area contributed by atoms with Crippen molar-refractivity contribution in [2.75, 3.05) is 6.54 Å². The van der Waals surface area contributed by atoms with Crippen LogP contribution in [-0.4, -0.2) is 34.1 Å². The Bertz CT molecular complexity index is 738. The van der Waals surface area contributed by atoms with Gasteiger partial charge in [0.1, 0.15) is 0 Å². The van der Waals surface area contributed by atoms with Gasteiger partial charge < -0.3 is 15.0 Å². The average Bonchev–Trinajstić information content (AvgIpc) is 2.53. The molecule has 0 spiro atoms. The quantitative estimate of drug-likeness (QED) is 0.886. The number of piperidine rings is 1. The molecule has 116 valence electrons. The Hall–Kier alpha value is -1.98. The predicted octanol–water partition coefficient (Wildman–Crippen LogP) is 1.07. The highest BCUT2D eigenvalue weighted by atomic mass is 16.3. The summed E-state index contributed by atoms with van der Waals surface area (Å²) in [7, 11) is 0. The number of carbonyl (C=O) groups is 1. The van der Waals surface area contributed by atoms with E-state index in [1.165, 1.54) is 4.57 Å². The number of aromatic nitrogens is 1. The van der Waals surface area contributed by atoms with Crippen molar-refractivity contribution in [3.05, 3.63) is 46.9 Å². The molecule has 22 heavy (non-hydrogen) atoms. The number of carbonyl (C=O) groups excluding carboxylic acids is 1. The van der Waals surface area contributed by atoms with Crippen LogP contribution in [0.5, 0.6) is 0 Å². The van der Waals surface area contributed by atoms with Crippen molar-refractivity contribution in [2.45, 2.75) is 38.0 Å². The molecule has 5 heteroatoms. The third-order valence-electron chi connectivity index (χ3n) is 4.23. The van der Waals surface area contributed by atoms with Gasteiger partial charge in [0.25, 0.3) is 5.56 Å². The molecule has 1 aromatic carbocycles. The van der Waals surface area contributed by atoms with Crippen LogP contribution in [0.4, 0.5) is 0 Å². The molecule has 0 saturated carbocycles. The summed E-state index contributed by atoms with van der Waals surface area (Å²) in [6.45, 7) is 0.875. The summed E-state index contributed by atoms with van der Waals surface area (Å²) in [6, 6.07) is 9.00. The molecule has 0 bridgehead atoms. The van der Waals surface area contributed by atoms with E-state index in [1.54, 1.807) is 12.3 Å². The zero-order chi connectivity index (χ0) is 15.5. The first kappa shape index (κ1) is 14.9. The predicted molar refractivity (Wildman–Crippen MR) is 84.9 cm³/mol. The van der Waals surface area contributed by atoms with Crippen LogP contribution >= 0.6 is 0 Å². The lowest BCUT2D eigenvalue weighted by Gasteiger charge is -2.28. The first-order valence-corrected chi connectivity index (χ1v) is 7.66. The van der Waals surface area contributed by atoms with E-state index >= 15 is 0 Å². The Kier molecular flexibility index (Phi) is 4.36. The number of hydrogen-bond donors (Lipinski definition) is 2. The standard InChI is InChI=1S/C17H20N2O3/c20-13(10-15-16(21)6-3-8-18-15)11-19-9-7-12-4-1-2-5-14(12)17(19)22/h1-2,4-5,7,9,15-16,18,21H,3,6,8,10-11H2/t15?,16-/m0/s1. The zero-order valence-corrected chi connectivity index (χ0v) is 12.4. The second-order valence-electron chi connectivity index (χ2n) is 5.85. The zero-order valence-electron chi connectivity index (χ0n) is 12.4. The number of nitrogens with one attached hydrogen (secondary N) is 1. The maximum absolute atomic E-state index is 12.4. The van der Waals surface area contributed by atoms with Crippen LogP contribution in [-0.2, 0) is 11.3 Å². The molecule has 1 aromatic heterocycles. The Morgan fingerprint density at radius 3 is 2.95 bits per heavy atom. The van der Waals surface area contributed by atoms with Gasteiger partial charge in [0.2, 0.25) is 0 Å². The van der Waals surface area contributed by atoms with Crippen LogP contribution in [0.15, 0.2) is 41.3 Å². The van der Waals surface area contributed by atoms with Gasteiger partial charge in [-0.2, -0.15) is 0 Å². The number of hydrogen-bond acceptors (Lipinski definition) is 4. The van der Waals surface area contributed by atoms with Gasteiger partial charge in [-0.3, -0.25) is 9.59 Å². The summed E-state index contributed by atoms with van der Waals surface area (Å²) in [5.41, 5.74) is -0.149. The normalized spacial score (nSPS) is 21.9. The third-order valence-corrected chi connectivity index (χ3v) is 4.23. The Morgan fingerprint density at radius 1 is 1.32 bits per heavy atom. The molecule has 1 aliphatic heterocycles. The smallest absolute Gasteiger partial charge is 0.258 e. The maximum atomic E-state index is 12.4. The number of benzene rings is 1. The molecule has 1 unspecified atom stereocenters. The number of rotatable bonds is 4. The highest BCUT2D eigenvalue weighted by Crippen LogP contribution is 2.12. The number of ketones is 1. The minimum absolute atomic E-state index is 0.0455.